The highest BCUT2D eigenvalue weighted by atomic mass is 32.2. The number of sulfonamides is 1. The third-order valence-electron chi connectivity index (χ3n) is 5.89. The minimum absolute atomic E-state index is 0.0476. The number of carbonyl (C=O) groups is 1. The van der Waals surface area contributed by atoms with E-state index >= 15 is 0 Å². The maximum absolute atomic E-state index is 12.7. The molecule has 0 bridgehead atoms. The SMILES string of the molecule is O=C(CC1CCc2ccccc21)NC1CCN(S(=O)(=O)c2ccccc2)CC1. The standard InChI is InChI=1S/C22H26N2O3S/c25-22(16-18-11-10-17-6-4-5-9-21(17)18)23-19-12-14-24(15-13-19)28(26,27)20-7-2-1-3-8-20/h1-9,18-19H,10-16H2,(H,23,25). The number of nitrogens with zero attached hydrogens (tertiary/aromatic N) is 1. The normalized spacial score (nSPS) is 20.6. The molecule has 0 spiro atoms. The van der Waals surface area contributed by atoms with E-state index in [0.29, 0.717) is 43.2 Å². The summed E-state index contributed by atoms with van der Waals surface area (Å²) >= 11 is 0. The number of rotatable bonds is 5. The van der Waals surface area contributed by atoms with Crippen molar-refractivity contribution in [3.05, 3.63) is 65.7 Å². The Morgan fingerprint density at radius 1 is 0.964 bits per heavy atom. The molecule has 2 aromatic carbocycles. The van der Waals surface area contributed by atoms with Crippen LogP contribution in [0.5, 0.6) is 0 Å². The summed E-state index contributed by atoms with van der Waals surface area (Å²) < 4.78 is 26.9. The third kappa shape index (κ3) is 3.98. The van der Waals surface area contributed by atoms with Crippen LogP contribution in [0.4, 0.5) is 0 Å². The van der Waals surface area contributed by atoms with Crippen molar-refractivity contribution in [1.29, 1.82) is 0 Å². The largest absolute Gasteiger partial charge is 0.353 e. The number of amides is 1. The molecular weight excluding hydrogens is 372 g/mol. The highest BCUT2D eigenvalue weighted by Crippen LogP contribution is 2.35. The monoisotopic (exact) mass is 398 g/mol. The van der Waals surface area contributed by atoms with Crippen LogP contribution in [0.25, 0.3) is 0 Å². The quantitative estimate of drug-likeness (QED) is 0.842. The Kier molecular flexibility index (Phi) is 5.51. The van der Waals surface area contributed by atoms with Crippen molar-refractivity contribution in [1.82, 2.24) is 9.62 Å². The first-order chi connectivity index (χ1) is 13.5. The molecular formula is C22H26N2O3S. The van der Waals surface area contributed by atoms with E-state index in [2.05, 4.69) is 23.5 Å². The second-order valence-electron chi connectivity index (χ2n) is 7.70. The van der Waals surface area contributed by atoms with Gasteiger partial charge in [0.1, 0.15) is 0 Å². The van der Waals surface area contributed by atoms with Crippen LogP contribution in [0.1, 0.15) is 42.7 Å². The van der Waals surface area contributed by atoms with Gasteiger partial charge in [-0.15, -0.1) is 0 Å². The van der Waals surface area contributed by atoms with Gasteiger partial charge in [-0.2, -0.15) is 4.31 Å². The van der Waals surface area contributed by atoms with Crippen molar-refractivity contribution in [2.24, 2.45) is 0 Å². The molecule has 0 aromatic heterocycles. The van der Waals surface area contributed by atoms with E-state index in [-0.39, 0.29) is 11.9 Å². The molecule has 1 N–H and O–H groups in total. The first-order valence-electron chi connectivity index (χ1n) is 9.96. The molecule has 1 aliphatic heterocycles. The number of nitrogens with one attached hydrogen (secondary N) is 1. The zero-order chi connectivity index (χ0) is 19.6. The van der Waals surface area contributed by atoms with Crippen LogP contribution in [0.15, 0.2) is 59.5 Å². The highest BCUT2D eigenvalue weighted by molar-refractivity contribution is 7.89. The summed E-state index contributed by atoms with van der Waals surface area (Å²) in [6, 6.07) is 17.0. The average Bonchev–Trinajstić information content (AvgIpc) is 3.12. The van der Waals surface area contributed by atoms with Gasteiger partial charge in [-0.05, 0) is 54.9 Å². The predicted octanol–water partition coefficient (Wildman–Crippen LogP) is 3.08. The van der Waals surface area contributed by atoms with E-state index in [9.17, 15) is 13.2 Å². The lowest BCUT2D eigenvalue weighted by Gasteiger charge is -2.31. The Labute approximate surface area is 166 Å². The fourth-order valence-electron chi connectivity index (χ4n) is 4.35. The van der Waals surface area contributed by atoms with Gasteiger partial charge < -0.3 is 5.32 Å². The van der Waals surface area contributed by atoms with Gasteiger partial charge in [0.2, 0.25) is 15.9 Å². The van der Waals surface area contributed by atoms with Crippen molar-refractivity contribution >= 4 is 15.9 Å². The maximum Gasteiger partial charge on any atom is 0.243 e. The molecule has 4 rings (SSSR count). The van der Waals surface area contributed by atoms with Gasteiger partial charge in [-0.25, -0.2) is 8.42 Å². The van der Waals surface area contributed by atoms with Crippen LogP contribution in [-0.4, -0.2) is 37.8 Å². The fourth-order valence-corrected chi connectivity index (χ4v) is 5.84. The smallest absolute Gasteiger partial charge is 0.243 e. The van der Waals surface area contributed by atoms with Crippen LogP contribution >= 0.6 is 0 Å². The van der Waals surface area contributed by atoms with Crippen LogP contribution in [0, 0.1) is 0 Å². The highest BCUT2D eigenvalue weighted by Gasteiger charge is 2.30. The maximum atomic E-state index is 12.7. The zero-order valence-electron chi connectivity index (χ0n) is 15.9. The van der Waals surface area contributed by atoms with E-state index in [4.69, 9.17) is 0 Å². The Balaban J connectivity index is 1.30. The predicted molar refractivity (Wildman–Crippen MR) is 108 cm³/mol. The van der Waals surface area contributed by atoms with E-state index in [1.165, 1.54) is 15.4 Å². The lowest BCUT2D eigenvalue weighted by atomic mass is 9.97. The molecule has 28 heavy (non-hydrogen) atoms. The zero-order valence-corrected chi connectivity index (χ0v) is 16.7. The summed E-state index contributed by atoms with van der Waals surface area (Å²) in [5.41, 5.74) is 2.67. The van der Waals surface area contributed by atoms with Crippen LogP contribution < -0.4 is 5.32 Å². The number of fused-ring (bicyclic) bond motifs is 1. The van der Waals surface area contributed by atoms with Gasteiger partial charge in [0, 0.05) is 25.6 Å². The lowest BCUT2D eigenvalue weighted by Crippen LogP contribution is -2.46. The lowest BCUT2D eigenvalue weighted by molar-refractivity contribution is -0.122. The Morgan fingerprint density at radius 3 is 2.39 bits per heavy atom. The minimum Gasteiger partial charge on any atom is -0.353 e. The van der Waals surface area contributed by atoms with Crippen molar-refractivity contribution in [2.45, 2.75) is 49.0 Å². The molecule has 148 valence electrons. The number of hydrogen-bond acceptors (Lipinski definition) is 3. The summed E-state index contributed by atoms with van der Waals surface area (Å²) in [6.07, 6.45) is 3.89. The van der Waals surface area contributed by atoms with Crippen LogP contribution in [0.2, 0.25) is 0 Å². The van der Waals surface area contributed by atoms with Gasteiger partial charge in [-0.3, -0.25) is 4.79 Å². The molecule has 5 nitrogen and oxygen atoms in total. The molecule has 0 saturated carbocycles. The Bertz CT molecular complexity index is 935. The van der Waals surface area contributed by atoms with Gasteiger partial charge in [0.15, 0.2) is 0 Å². The fraction of sp³-hybridized carbons (Fsp3) is 0.409. The van der Waals surface area contributed by atoms with E-state index in [0.717, 1.165) is 12.8 Å². The number of aryl methyl sites for hydroxylation is 1. The molecule has 1 atom stereocenters. The van der Waals surface area contributed by atoms with Crippen molar-refractivity contribution in [3.63, 3.8) is 0 Å². The van der Waals surface area contributed by atoms with Crippen molar-refractivity contribution in [3.8, 4) is 0 Å². The van der Waals surface area contributed by atoms with Crippen LogP contribution in [0.3, 0.4) is 0 Å². The topological polar surface area (TPSA) is 66.5 Å². The van der Waals surface area contributed by atoms with Gasteiger partial charge in [-0.1, -0.05) is 42.5 Å². The average molecular weight is 399 g/mol. The molecule has 2 aromatic rings. The van der Waals surface area contributed by atoms with E-state index in [1.807, 2.05) is 12.1 Å². The van der Waals surface area contributed by atoms with Gasteiger partial charge in [0.05, 0.1) is 4.90 Å². The molecule has 1 unspecified atom stereocenters. The minimum atomic E-state index is -3.45. The molecule has 1 heterocycles. The van der Waals surface area contributed by atoms with Crippen molar-refractivity contribution in [2.75, 3.05) is 13.1 Å². The first-order valence-corrected chi connectivity index (χ1v) is 11.4. The first kappa shape index (κ1) is 19.2. The molecule has 6 heteroatoms. The van der Waals surface area contributed by atoms with E-state index in [1.54, 1.807) is 24.3 Å². The Hall–Kier alpha value is -2.18. The molecule has 2 aliphatic rings. The van der Waals surface area contributed by atoms with Crippen molar-refractivity contribution < 1.29 is 13.2 Å². The molecule has 1 amide bonds. The third-order valence-corrected chi connectivity index (χ3v) is 7.80. The molecule has 1 saturated heterocycles. The number of benzene rings is 2. The number of piperidine rings is 1. The number of hydrogen-bond donors (Lipinski definition) is 1. The summed E-state index contributed by atoms with van der Waals surface area (Å²) in [4.78, 5) is 12.9. The second kappa shape index (κ2) is 8.05. The van der Waals surface area contributed by atoms with Gasteiger partial charge in [0.25, 0.3) is 0 Å². The molecule has 1 fully saturated rings. The number of carbonyl (C=O) groups excluding carboxylic acids is 1. The van der Waals surface area contributed by atoms with E-state index < -0.39 is 10.0 Å². The second-order valence-corrected chi connectivity index (χ2v) is 9.64. The summed E-state index contributed by atoms with van der Waals surface area (Å²) in [7, 11) is -3.45. The summed E-state index contributed by atoms with van der Waals surface area (Å²) in [5.74, 6) is 0.376. The van der Waals surface area contributed by atoms with Crippen LogP contribution in [-0.2, 0) is 21.2 Å². The molecule has 1 aliphatic carbocycles. The Morgan fingerprint density at radius 2 is 1.64 bits per heavy atom. The van der Waals surface area contributed by atoms with Gasteiger partial charge >= 0.3 is 0 Å². The molecule has 0 radical (unpaired) electrons. The summed E-state index contributed by atoms with van der Waals surface area (Å²) in [6.45, 7) is 0.878. The summed E-state index contributed by atoms with van der Waals surface area (Å²) in [5, 5.41) is 3.13.